The third-order valence-corrected chi connectivity index (χ3v) is 6.18. The monoisotopic (exact) mass is 509 g/mol. The molecule has 1 aliphatic carbocycles. The van der Waals surface area contributed by atoms with Gasteiger partial charge in [-0.05, 0) is 31.6 Å². The van der Waals surface area contributed by atoms with Crippen molar-refractivity contribution in [3.8, 4) is 0 Å². The number of ketones is 1. The van der Waals surface area contributed by atoms with E-state index in [9.17, 15) is 27.6 Å². The van der Waals surface area contributed by atoms with E-state index >= 15 is 0 Å². The number of carbonyl (C=O) groups excluding carboxylic acids is 2. The predicted octanol–water partition coefficient (Wildman–Crippen LogP) is 1.86. The summed E-state index contributed by atoms with van der Waals surface area (Å²) in [6.07, 6.45) is 0.954. The van der Waals surface area contributed by atoms with Gasteiger partial charge in [0.2, 0.25) is 11.9 Å². The summed E-state index contributed by atoms with van der Waals surface area (Å²) in [5.74, 6) is 0.598. The van der Waals surface area contributed by atoms with Crippen molar-refractivity contribution in [2.75, 3.05) is 36.5 Å². The summed E-state index contributed by atoms with van der Waals surface area (Å²) < 4.78 is 39.0. The Morgan fingerprint density at radius 1 is 1.19 bits per heavy atom. The number of alkyl halides is 3. The van der Waals surface area contributed by atoms with Gasteiger partial charge in [-0.1, -0.05) is 0 Å². The minimum absolute atomic E-state index is 0.0767. The van der Waals surface area contributed by atoms with E-state index in [4.69, 9.17) is 4.84 Å². The van der Waals surface area contributed by atoms with E-state index in [1.807, 2.05) is 0 Å². The van der Waals surface area contributed by atoms with Gasteiger partial charge in [0.1, 0.15) is 5.56 Å². The van der Waals surface area contributed by atoms with Crippen LogP contribution in [-0.4, -0.2) is 58.1 Å². The van der Waals surface area contributed by atoms with E-state index in [2.05, 4.69) is 30.8 Å². The second kappa shape index (κ2) is 11.0. The van der Waals surface area contributed by atoms with Crippen LogP contribution in [0.2, 0.25) is 0 Å². The number of nitrogens with one attached hydrogen (secondary N) is 3. The fourth-order valence-electron chi connectivity index (χ4n) is 4.30. The van der Waals surface area contributed by atoms with Crippen LogP contribution < -0.4 is 21.3 Å². The molecule has 3 N–H and O–H groups in total. The number of amides is 1. The molecule has 1 saturated heterocycles. The Bertz CT molecular complexity index is 1160. The number of Topliss-reactive ketones (excluding diaryl/α,β-unsaturated/α-hetero) is 1. The molecule has 14 heteroatoms. The molecule has 0 bridgehead atoms. The number of aromatic amines is 1. The van der Waals surface area contributed by atoms with Gasteiger partial charge in [0.15, 0.2) is 5.78 Å². The van der Waals surface area contributed by atoms with Crippen LogP contribution in [0.3, 0.4) is 0 Å². The largest absolute Gasteiger partial charge is 0.423 e. The lowest BCUT2D eigenvalue weighted by Gasteiger charge is -2.31. The number of piperidine rings is 1. The molecule has 0 aromatic carbocycles. The average Bonchev–Trinajstić information content (AvgIpc) is 3.21. The molecule has 0 saturated carbocycles. The molecule has 0 spiro atoms. The van der Waals surface area contributed by atoms with Crippen molar-refractivity contribution in [3.63, 3.8) is 0 Å². The van der Waals surface area contributed by atoms with Crippen molar-refractivity contribution in [3.05, 3.63) is 39.6 Å². The summed E-state index contributed by atoms with van der Waals surface area (Å²) in [5.41, 5.74) is 0.700. The number of aromatic nitrogens is 4. The van der Waals surface area contributed by atoms with Crippen LogP contribution in [0.1, 0.15) is 53.7 Å². The number of H-pyrrole nitrogens is 1. The SMILES string of the molecule is O=C(CC1CCN(c2ncc3c(n2)CCC3=O)CC1)NOCCCNc1cn[nH]c(=O)c1C(F)(F)F. The number of aryl methyl sites for hydroxylation is 1. The molecule has 194 valence electrons. The van der Waals surface area contributed by atoms with Gasteiger partial charge in [0.05, 0.1) is 29.7 Å². The van der Waals surface area contributed by atoms with Gasteiger partial charge in [0, 0.05) is 38.7 Å². The van der Waals surface area contributed by atoms with Crippen LogP contribution in [0, 0.1) is 5.92 Å². The highest BCUT2D eigenvalue weighted by atomic mass is 19.4. The number of carbonyl (C=O) groups is 2. The van der Waals surface area contributed by atoms with Gasteiger partial charge in [-0.2, -0.15) is 18.3 Å². The van der Waals surface area contributed by atoms with E-state index in [-0.39, 0.29) is 37.2 Å². The lowest BCUT2D eigenvalue weighted by Crippen LogP contribution is -2.37. The highest BCUT2D eigenvalue weighted by Gasteiger charge is 2.37. The predicted molar refractivity (Wildman–Crippen MR) is 121 cm³/mol. The van der Waals surface area contributed by atoms with Crippen LogP contribution in [0.15, 0.2) is 17.2 Å². The van der Waals surface area contributed by atoms with Crippen molar-refractivity contribution in [2.24, 2.45) is 5.92 Å². The number of hydroxylamine groups is 1. The van der Waals surface area contributed by atoms with Crippen molar-refractivity contribution in [1.29, 1.82) is 0 Å². The van der Waals surface area contributed by atoms with Crippen molar-refractivity contribution in [1.82, 2.24) is 25.6 Å². The standard InChI is InChI=1S/C22H26F3N7O4/c23-22(24,25)19-16(12-28-30-20(19)35)26-6-1-9-36-31-18(34)10-13-4-7-32(8-5-13)21-27-11-14-15(29-21)2-3-17(14)33/h11-13H,1-10H2,(H,31,34)(H2,26,30,35). The van der Waals surface area contributed by atoms with E-state index in [0.717, 1.165) is 24.7 Å². The zero-order chi connectivity index (χ0) is 25.7. The Morgan fingerprint density at radius 2 is 1.97 bits per heavy atom. The molecule has 11 nitrogen and oxygen atoms in total. The van der Waals surface area contributed by atoms with Crippen molar-refractivity contribution < 1.29 is 27.6 Å². The molecule has 2 aliphatic rings. The van der Waals surface area contributed by atoms with Gasteiger partial charge in [-0.15, -0.1) is 0 Å². The quantitative estimate of drug-likeness (QED) is 0.341. The molecule has 3 heterocycles. The normalized spacial score (nSPS) is 16.2. The van der Waals surface area contributed by atoms with E-state index in [1.54, 1.807) is 11.3 Å². The summed E-state index contributed by atoms with van der Waals surface area (Å²) in [6, 6.07) is 0. The van der Waals surface area contributed by atoms with Crippen LogP contribution in [0.5, 0.6) is 0 Å². The highest BCUT2D eigenvalue weighted by Crippen LogP contribution is 2.31. The first-order chi connectivity index (χ1) is 17.2. The lowest BCUT2D eigenvalue weighted by molar-refractivity contribution is -0.138. The molecule has 2 aromatic heterocycles. The highest BCUT2D eigenvalue weighted by molar-refractivity contribution is 5.99. The molecular weight excluding hydrogens is 483 g/mol. The first-order valence-electron chi connectivity index (χ1n) is 11.7. The number of hydrogen-bond acceptors (Lipinski definition) is 9. The molecule has 36 heavy (non-hydrogen) atoms. The molecule has 1 aliphatic heterocycles. The van der Waals surface area contributed by atoms with Crippen LogP contribution in [0.4, 0.5) is 24.8 Å². The summed E-state index contributed by atoms with van der Waals surface area (Å²) in [5, 5.41) is 7.67. The summed E-state index contributed by atoms with van der Waals surface area (Å²) in [6.45, 7) is 1.57. The Hall–Kier alpha value is -3.55. The third-order valence-electron chi connectivity index (χ3n) is 6.18. The molecule has 0 radical (unpaired) electrons. The average molecular weight is 509 g/mol. The molecule has 4 rings (SSSR count). The number of hydrogen-bond donors (Lipinski definition) is 3. The molecule has 1 amide bonds. The zero-order valence-electron chi connectivity index (χ0n) is 19.4. The van der Waals surface area contributed by atoms with E-state index in [0.29, 0.717) is 43.9 Å². The van der Waals surface area contributed by atoms with Crippen LogP contribution >= 0.6 is 0 Å². The summed E-state index contributed by atoms with van der Waals surface area (Å²) in [4.78, 5) is 51.4. The fraction of sp³-hybridized carbons (Fsp3) is 0.545. The van der Waals surface area contributed by atoms with Gasteiger partial charge in [-0.3, -0.25) is 19.2 Å². The van der Waals surface area contributed by atoms with Crippen molar-refractivity contribution >= 4 is 23.3 Å². The lowest BCUT2D eigenvalue weighted by atomic mass is 9.93. The minimum Gasteiger partial charge on any atom is -0.383 e. The van der Waals surface area contributed by atoms with Crippen molar-refractivity contribution in [2.45, 2.75) is 44.7 Å². The number of nitrogens with zero attached hydrogens (tertiary/aromatic N) is 4. The second-order valence-electron chi connectivity index (χ2n) is 8.73. The summed E-state index contributed by atoms with van der Waals surface area (Å²) in [7, 11) is 0. The second-order valence-corrected chi connectivity index (χ2v) is 8.73. The Labute approximate surface area is 203 Å². The first kappa shape index (κ1) is 25.5. The smallest absolute Gasteiger partial charge is 0.383 e. The summed E-state index contributed by atoms with van der Waals surface area (Å²) >= 11 is 0. The first-order valence-corrected chi connectivity index (χ1v) is 11.7. The Kier molecular flexibility index (Phi) is 7.82. The molecular formula is C22H26F3N7O4. The van der Waals surface area contributed by atoms with Gasteiger partial charge < -0.3 is 10.2 Å². The van der Waals surface area contributed by atoms with Gasteiger partial charge in [-0.25, -0.2) is 20.5 Å². The fourth-order valence-corrected chi connectivity index (χ4v) is 4.30. The topological polar surface area (TPSA) is 142 Å². The zero-order valence-corrected chi connectivity index (χ0v) is 19.4. The van der Waals surface area contributed by atoms with Gasteiger partial charge in [0.25, 0.3) is 5.56 Å². The minimum atomic E-state index is -4.81. The maximum absolute atomic E-state index is 13.0. The van der Waals surface area contributed by atoms with Gasteiger partial charge >= 0.3 is 6.18 Å². The number of halogens is 3. The maximum atomic E-state index is 13.0. The molecule has 1 fully saturated rings. The third kappa shape index (κ3) is 6.17. The van der Waals surface area contributed by atoms with Crippen LogP contribution in [0.25, 0.3) is 0 Å². The van der Waals surface area contributed by atoms with E-state index < -0.39 is 23.0 Å². The number of fused-ring (bicyclic) bond motifs is 1. The molecule has 0 atom stereocenters. The Morgan fingerprint density at radius 3 is 2.72 bits per heavy atom. The molecule has 2 aromatic rings. The van der Waals surface area contributed by atoms with Crippen LogP contribution in [-0.2, 0) is 22.2 Å². The number of anilines is 2. The maximum Gasteiger partial charge on any atom is 0.423 e. The molecule has 0 unspecified atom stereocenters. The Balaban J connectivity index is 1.12. The van der Waals surface area contributed by atoms with E-state index in [1.165, 1.54) is 0 Å². The number of rotatable bonds is 9.